The van der Waals surface area contributed by atoms with E-state index in [2.05, 4.69) is 21.6 Å². The molecular formula is C23H23N3O2S. The Hall–Kier alpha value is -3.09. The standard InChI is InChI=1S/C23H23N3O2S/c29-23(25-21-8-4-5-9-22(21)26-14-16-27-17-15-26)24-18-10-12-20(13-11-18)28-19-6-2-1-3-7-19/h1-13H,14-17H2,(H2,24,25,29). The molecule has 29 heavy (non-hydrogen) atoms. The highest BCUT2D eigenvalue weighted by atomic mass is 32.1. The van der Waals surface area contributed by atoms with E-state index in [4.69, 9.17) is 21.7 Å². The fourth-order valence-corrected chi connectivity index (χ4v) is 3.40. The van der Waals surface area contributed by atoms with Gasteiger partial charge in [-0.1, -0.05) is 30.3 Å². The number of anilines is 3. The number of rotatable bonds is 5. The third-order valence-corrected chi connectivity index (χ3v) is 4.80. The lowest BCUT2D eigenvalue weighted by Crippen LogP contribution is -2.36. The van der Waals surface area contributed by atoms with Crippen LogP contribution in [0.3, 0.4) is 0 Å². The van der Waals surface area contributed by atoms with Gasteiger partial charge < -0.3 is 25.0 Å². The molecule has 2 N–H and O–H groups in total. The largest absolute Gasteiger partial charge is 0.457 e. The number of nitrogens with zero attached hydrogens (tertiary/aromatic N) is 1. The third kappa shape index (κ3) is 5.25. The Morgan fingerprint density at radius 1 is 0.793 bits per heavy atom. The van der Waals surface area contributed by atoms with E-state index in [0.717, 1.165) is 54.9 Å². The number of thiocarbonyl (C=S) groups is 1. The Morgan fingerprint density at radius 3 is 2.21 bits per heavy atom. The Balaban J connectivity index is 1.37. The van der Waals surface area contributed by atoms with Crippen LogP contribution in [0.15, 0.2) is 78.9 Å². The highest BCUT2D eigenvalue weighted by molar-refractivity contribution is 7.80. The number of hydrogen-bond acceptors (Lipinski definition) is 4. The first-order valence-corrected chi connectivity index (χ1v) is 10.0. The summed E-state index contributed by atoms with van der Waals surface area (Å²) in [6.07, 6.45) is 0. The van der Waals surface area contributed by atoms with Crippen molar-refractivity contribution in [2.75, 3.05) is 41.8 Å². The fraction of sp³-hybridized carbons (Fsp3) is 0.174. The van der Waals surface area contributed by atoms with Gasteiger partial charge in [0, 0.05) is 18.8 Å². The van der Waals surface area contributed by atoms with Gasteiger partial charge in [0.2, 0.25) is 0 Å². The van der Waals surface area contributed by atoms with Crippen LogP contribution in [-0.2, 0) is 4.74 Å². The average molecular weight is 406 g/mol. The van der Waals surface area contributed by atoms with Crippen molar-refractivity contribution in [3.8, 4) is 11.5 Å². The van der Waals surface area contributed by atoms with Gasteiger partial charge in [0.15, 0.2) is 5.11 Å². The zero-order valence-corrected chi connectivity index (χ0v) is 16.8. The summed E-state index contributed by atoms with van der Waals surface area (Å²) in [5, 5.41) is 7.09. The van der Waals surface area contributed by atoms with Crippen molar-refractivity contribution in [2.24, 2.45) is 0 Å². The Bertz CT molecular complexity index is 942. The molecule has 0 spiro atoms. The van der Waals surface area contributed by atoms with Crippen molar-refractivity contribution < 1.29 is 9.47 Å². The molecule has 0 saturated carbocycles. The van der Waals surface area contributed by atoms with Gasteiger partial charge in [-0.05, 0) is 60.7 Å². The molecule has 0 radical (unpaired) electrons. The molecule has 3 aromatic carbocycles. The van der Waals surface area contributed by atoms with Crippen LogP contribution in [0, 0.1) is 0 Å². The van der Waals surface area contributed by atoms with E-state index in [1.165, 1.54) is 0 Å². The lowest BCUT2D eigenvalue weighted by Gasteiger charge is -2.30. The minimum Gasteiger partial charge on any atom is -0.457 e. The topological polar surface area (TPSA) is 45.8 Å². The lowest BCUT2D eigenvalue weighted by molar-refractivity contribution is 0.123. The summed E-state index contributed by atoms with van der Waals surface area (Å²) in [5.74, 6) is 1.59. The van der Waals surface area contributed by atoms with E-state index >= 15 is 0 Å². The Morgan fingerprint density at radius 2 is 1.45 bits per heavy atom. The summed E-state index contributed by atoms with van der Waals surface area (Å²) in [7, 11) is 0. The molecule has 3 aromatic rings. The van der Waals surface area contributed by atoms with E-state index in [9.17, 15) is 0 Å². The summed E-state index contributed by atoms with van der Waals surface area (Å²) in [4.78, 5) is 2.31. The molecule has 0 aliphatic carbocycles. The Kier molecular flexibility index (Phi) is 6.24. The van der Waals surface area contributed by atoms with Gasteiger partial charge in [0.05, 0.1) is 24.6 Å². The molecule has 0 aromatic heterocycles. The second-order valence-corrected chi connectivity index (χ2v) is 7.04. The van der Waals surface area contributed by atoms with Crippen LogP contribution in [0.1, 0.15) is 0 Å². The number of benzene rings is 3. The molecule has 1 saturated heterocycles. The monoisotopic (exact) mass is 405 g/mol. The minimum atomic E-state index is 0.544. The molecule has 6 heteroatoms. The molecule has 1 aliphatic rings. The molecule has 4 rings (SSSR count). The van der Waals surface area contributed by atoms with Crippen LogP contribution in [-0.4, -0.2) is 31.4 Å². The maximum Gasteiger partial charge on any atom is 0.175 e. The molecular weight excluding hydrogens is 382 g/mol. The number of nitrogens with one attached hydrogen (secondary N) is 2. The van der Waals surface area contributed by atoms with E-state index in [1.54, 1.807) is 0 Å². The van der Waals surface area contributed by atoms with Crippen molar-refractivity contribution in [1.82, 2.24) is 0 Å². The lowest BCUT2D eigenvalue weighted by atomic mass is 10.2. The SMILES string of the molecule is S=C(Nc1ccc(Oc2ccccc2)cc1)Nc1ccccc1N1CCOCC1. The van der Waals surface area contributed by atoms with Crippen LogP contribution in [0.5, 0.6) is 11.5 Å². The molecule has 0 unspecified atom stereocenters. The van der Waals surface area contributed by atoms with Crippen LogP contribution in [0.4, 0.5) is 17.1 Å². The minimum absolute atomic E-state index is 0.544. The molecule has 0 bridgehead atoms. The first-order valence-electron chi connectivity index (χ1n) is 9.61. The number of morpholine rings is 1. The number of hydrogen-bond donors (Lipinski definition) is 2. The van der Waals surface area contributed by atoms with Gasteiger partial charge >= 0.3 is 0 Å². The zero-order chi connectivity index (χ0) is 19.9. The van der Waals surface area contributed by atoms with Crippen LogP contribution < -0.4 is 20.3 Å². The molecule has 1 heterocycles. The second-order valence-electron chi connectivity index (χ2n) is 6.64. The van der Waals surface area contributed by atoms with Gasteiger partial charge in [0.1, 0.15) is 11.5 Å². The van der Waals surface area contributed by atoms with Gasteiger partial charge in [-0.15, -0.1) is 0 Å². The predicted octanol–water partition coefficient (Wildman–Crippen LogP) is 5.12. The molecule has 0 amide bonds. The highest BCUT2D eigenvalue weighted by Crippen LogP contribution is 2.27. The maximum absolute atomic E-state index is 5.82. The van der Waals surface area contributed by atoms with Crippen molar-refractivity contribution in [2.45, 2.75) is 0 Å². The van der Waals surface area contributed by atoms with Gasteiger partial charge in [-0.3, -0.25) is 0 Å². The van der Waals surface area contributed by atoms with Crippen LogP contribution >= 0.6 is 12.2 Å². The van der Waals surface area contributed by atoms with Crippen LogP contribution in [0.2, 0.25) is 0 Å². The molecule has 148 valence electrons. The van der Waals surface area contributed by atoms with Gasteiger partial charge in [-0.25, -0.2) is 0 Å². The average Bonchev–Trinajstić information content (AvgIpc) is 2.77. The molecule has 0 atom stereocenters. The van der Waals surface area contributed by atoms with E-state index in [-0.39, 0.29) is 0 Å². The fourth-order valence-electron chi connectivity index (χ4n) is 3.17. The smallest absolute Gasteiger partial charge is 0.175 e. The van der Waals surface area contributed by atoms with Crippen molar-refractivity contribution in [1.29, 1.82) is 0 Å². The third-order valence-electron chi connectivity index (χ3n) is 4.60. The zero-order valence-electron chi connectivity index (χ0n) is 16.0. The summed E-state index contributed by atoms with van der Waals surface area (Å²) in [6, 6.07) is 25.6. The predicted molar refractivity (Wildman–Crippen MR) is 122 cm³/mol. The Labute approximate surface area is 176 Å². The number of ether oxygens (including phenoxy) is 2. The quantitative estimate of drug-likeness (QED) is 0.574. The maximum atomic E-state index is 5.82. The van der Waals surface area contributed by atoms with Crippen LogP contribution in [0.25, 0.3) is 0 Å². The molecule has 1 aliphatic heterocycles. The van der Waals surface area contributed by atoms with Crippen molar-refractivity contribution >= 4 is 34.4 Å². The first-order chi connectivity index (χ1) is 14.3. The molecule has 1 fully saturated rings. The summed E-state index contributed by atoms with van der Waals surface area (Å²) < 4.78 is 11.3. The summed E-state index contributed by atoms with van der Waals surface area (Å²) in [5.41, 5.74) is 3.01. The van der Waals surface area contributed by atoms with Crippen molar-refractivity contribution in [3.05, 3.63) is 78.9 Å². The highest BCUT2D eigenvalue weighted by Gasteiger charge is 2.15. The van der Waals surface area contributed by atoms with Gasteiger partial charge in [0.25, 0.3) is 0 Å². The molecule has 5 nitrogen and oxygen atoms in total. The summed E-state index contributed by atoms with van der Waals surface area (Å²) >= 11 is 5.52. The normalized spacial score (nSPS) is 13.6. The van der Waals surface area contributed by atoms with Gasteiger partial charge in [-0.2, -0.15) is 0 Å². The van der Waals surface area contributed by atoms with E-state index in [0.29, 0.717) is 5.11 Å². The second kappa shape index (κ2) is 9.41. The van der Waals surface area contributed by atoms with E-state index < -0.39 is 0 Å². The summed E-state index contributed by atoms with van der Waals surface area (Å²) in [6.45, 7) is 3.24. The van der Waals surface area contributed by atoms with Crippen molar-refractivity contribution in [3.63, 3.8) is 0 Å². The first kappa shape index (κ1) is 19.2. The van der Waals surface area contributed by atoms with E-state index in [1.807, 2.05) is 72.8 Å². The number of para-hydroxylation sites is 3.